The molecule has 0 aromatic carbocycles. The average Bonchev–Trinajstić information content (AvgIpc) is 2.44. The molecule has 0 aliphatic heterocycles. The Bertz CT molecular complexity index is 230. The first-order chi connectivity index (χ1) is 9.28. The van der Waals surface area contributed by atoms with E-state index in [0.717, 1.165) is 37.5 Å². The van der Waals surface area contributed by atoms with Gasteiger partial charge in [0.1, 0.15) is 0 Å². The van der Waals surface area contributed by atoms with Crippen molar-refractivity contribution in [2.24, 2.45) is 11.8 Å². The summed E-state index contributed by atoms with van der Waals surface area (Å²) in [6.07, 6.45) is 13.5. The Hall–Kier alpha value is -0.440. The standard InChI is InChI=1S/C19H34/c1-5-9-10-11-12-13-15-19(8-4)17-16-18(7-3)14-6-2/h18-19H,1-2,5-9,12-17H2,3-4H3. The van der Waals surface area contributed by atoms with Crippen LogP contribution in [0, 0.1) is 37.5 Å². The molecule has 0 fully saturated rings. The largest absolute Gasteiger partial charge is 0.103 e. The highest BCUT2D eigenvalue weighted by Gasteiger charge is 2.10. The molecule has 0 nitrogen and oxygen atoms in total. The quantitative estimate of drug-likeness (QED) is 0.306. The monoisotopic (exact) mass is 262 g/mol. The van der Waals surface area contributed by atoms with Gasteiger partial charge in [0.05, 0.1) is 0 Å². The molecule has 0 bridgehead atoms. The van der Waals surface area contributed by atoms with E-state index in [0.29, 0.717) is 0 Å². The third-order valence-electron chi connectivity index (χ3n) is 4.09. The van der Waals surface area contributed by atoms with Crippen LogP contribution in [0.1, 0.15) is 84.5 Å². The van der Waals surface area contributed by atoms with Crippen LogP contribution in [0.3, 0.4) is 0 Å². The molecular formula is C19H34. The van der Waals surface area contributed by atoms with Gasteiger partial charge < -0.3 is 0 Å². The second kappa shape index (κ2) is 14.0. The first kappa shape index (κ1) is 18.6. The fourth-order valence-corrected chi connectivity index (χ4v) is 2.61. The van der Waals surface area contributed by atoms with Crippen molar-refractivity contribution in [1.82, 2.24) is 0 Å². The molecule has 0 aliphatic carbocycles. The maximum Gasteiger partial charge on any atom is 0.00887 e. The molecule has 0 amide bonds. The smallest absolute Gasteiger partial charge is 0.00887 e. The summed E-state index contributed by atoms with van der Waals surface area (Å²) in [5, 5.41) is 0. The Morgan fingerprint density at radius 3 is 1.84 bits per heavy atom. The van der Waals surface area contributed by atoms with Gasteiger partial charge in [-0.1, -0.05) is 66.2 Å². The van der Waals surface area contributed by atoms with E-state index >= 15 is 0 Å². The van der Waals surface area contributed by atoms with E-state index in [1.165, 1.54) is 44.9 Å². The summed E-state index contributed by atoms with van der Waals surface area (Å²) < 4.78 is 0. The van der Waals surface area contributed by atoms with Crippen LogP contribution in [0.15, 0.2) is 0 Å². The minimum Gasteiger partial charge on any atom is -0.103 e. The molecule has 19 heavy (non-hydrogen) atoms. The number of unbranched alkanes of at least 4 members (excludes halogenated alkanes) is 2. The van der Waals surface area contributed by atoms with Gasteiger partial charge in [-0.25, -0.2) is 0 Å². The zero-order chi connectivity index (χ0) is 14.3. The Morgan fingerprint density at radius 1 is 0.737 bits per heavy atom. The molecule has 0 saturated carbocycles. The lowest BCUT2D eigenvalue weighted by Gasteiger charge is -2.18. The van der Waals surface area contributed by atoms with Crippen molar-refractivity contribution in [3.63, 3.8) is 0 Å². The van der Waals surface area contributed by atoms with Crippen LogP contribution < -0.4 is 0 Å². The van der Waals surface area contributed by atoms with Gasteiger partial charge in [0.25, 0.3) is 0 Å². The highest BCUT2D eigenvalue weighted by molar-refractivity contribution is 4.98. The number of rotatable bonds is 11. The normalized spacial score (nSPS) is 13.7. The lowest BCUT2D eigenvalue weighted by atomic mass is 9.87. The molecular weight excluding hydrogens is 228 g/mol. The van der Waals surface area contributed by atoms with Gasteiger partial charge in [0.2, 0.25) is 0 Å². The summed E-state index contributed by atoms with van der Waals surface area (Å²) in [7, 11) is 0. The zero-order valence-corrected chi connectivity index (χ0v) is 13.3. The Labute approximate surface area is 122 Å². The molecule has 2 atom stereocenters. The second-order valence-corrected chi connectivity index (χ2v) is 5.62. The first-order valence-corrected chi connectivity index (χ1v) is 8.32. The van der Waals surface area contributed by atoms with Crippen molar-refractivity contribution in [3.05, 3.63) is 13.8 Å². The van der Waals surface area contributed by atoms with Crippen LogP contribution in [0.5, 0.6) is 0 Å². The van der Waals surface area contributed by atoms with Gasteiger partial charge in [0.15, 0.2) is 0 Å². The average molecular weight is 262 g/mol. The second-order valence-electron chi connectivity index (χ2n) is 5.62. The van der Waals surface area contributed by atoms with Crippen LogP contribution in [0.2, 0.25) is 0 Å². The van der Waals surface area contributed by atoms with Gasteiger partial charge in [-0.15, -0.1) is 11.8 Å². The van der Waals surface area contributed by atoms with Crippen molar-refractivity contribution >= 4 is 0 Å². The molecule has 0 rings (SSSR count). The summed E-state index contributed by atoms with van der Waals surface area (Å²) >= 11 is 0. The molecule has 0 heteroatoms. The highest BCUT2D eigenvalue weighted by Crippen LogP contribution is 2.24. The first-order valence-electron chi connectivity index (χ1n) is 8.32. The van der Waals surface area contributed by atoms with Gasteiger partial charge in [0, 0.05) is 12.8 Å². The molecule has 0 spiro atoms. The molecule has 0 aliphatic rings. The number of hydrogen-bond acceptors (Lipinski definition) is 0. The third-order valence-corrected chi connectivity index (χ3v) is 4.09. The van der Waals surface area contributed by atoms with Crippen molar-refractivity contribution in [1.29, 1.82) is 0 Å². The minimum atomic E-state index is 0.906. The fraction of sp³-hybridized carbons (Fsp3) is 0.789. The van der Waals surface area contributed by atoms with E-state index in [-0.39, 0.29) is 0 Å². The lowest BCUT2D eigenvalue weighted by molar-refractivity contribution is 0.346. The molecule has 0 heterocycles. The van der Waals surface area contributed by atoms with Crippen LogP contribution >= 0.6 is 0 Å². The van der Waals surface area contributed by atoms with Crippen molar-refractivity contribution in [2.45, 2.75) is 84.5 Å². The third kappa shape index (κ3) is 11.1. The minimum absolute atomic E-state index is 0.906. The molecule has 2 radical (unpaired) electrons. The van der Waals surface area contributed by atoms with Crippen LogP contribution in [0.4, 0.5) is 0 Å². The molecule has 2 unspecified atom stereocenters. The summed E-state index contributed by atoms with van der Waals surface area (Å²) in [6.45, 7) is 12.4. The predicted molar refractivity (Wildman–Crippen MR) is 87.6 cm³/mol. The SMILES string of the molecule is [CH2]CCC#CCCCC(CC)CCC(CC)CC[CH2]. The molecule has 0 N–H and O–H groups in total. The van der Waals surface area contributed by atoms with Crippen LogP contribution in [-0.2, 0) is 0 Å². The maximum absolute atomic E-state index is 3.99. The van der Waals surface area contributed by atoms with Gasteiger partial charge in [-0.05, 0) is 31.1 Å². The molecule has 0 saturated heterocycles. The van der Waals surface area contributed by atoms with E-state index in [9.17, 15) is 0 Å². The van der Waals surface area contributed by atoms with Gasteiger partial charge in [-0.2, -0.15) is 0 Å². The Morgan fingerprint density at radius 2 is 1.32 bits per heavy atom. The maximum atomic E-state index is 3.99. The topological polar surface area (TPSA) is 0 Å². The fourth-order valence-electron chi connectivity index (χ4n) is 2.61. The van der Waals surface area contributed by atoms with E-state index < -0.39 is 0 Å². The van der Waals surface area contributed by atoms with Crippen LogP contribution in [-0.4, -0.2) is 0 Å². The predicted octanol–water partition coefficient (Wildman–Crippen LogP) is 6.22. The van der Waals surface area contributed by atoms with E-state index in [4.69, 9.17) is 0 Å². The molecule has 0 aromatic heterocycles. The summed E-state index contributed by atoms with van der Waals surface area (Å²) in [4.78, 5) is 0. The van der Waals surface area contributed by atoms with E-state index in [1.807, 2.05) is 0 Å². The molecule has 0 aromatic rings. The summed E-state index contributed by atoms with van der Waals surface area (Å²) in [5.74, 6) is 8.26. The zero-order valence-electron chi connectivity index (χ0n) is 13.3. The summed E-state index contributed by atoms with van der Waals surface area (Å²) in [6, 6.07) is 0. The van der Waals surface area contributed by atoms with Crippen LogP contribution in [0.25, 0.3) is 0 Å². The van der Waals surface area contributed by atoms with Crippen molar-refractivity contribution in [3.8, 4) is 11.8 Å². The number of hydrogen-bond donors (Lipinski definition) is 0. The Kier molecular flexibility index (Phi) is 13.7. The van der Waals surface area contributed by atoms with E-state index in [2.05, 4.69) is 39.5 Å². The van der Waals surface area contributed by atoms with Crippen molar-refractivity contribution in [2.75, 3.05) is 0 Å². The van der Waals surface area contributed by atoms with Gasteiger partial charge >= 0.3 is 0 Å². The van der Waals surface area contributed by atoms with E-state index in [1.54, 1.807) is 0 Å². The Balaban J connectivity index is 3.73. The van der Waals surface area contributed by atoms with Crippen molar-refractivity contribution < 1.29 is 0 Å². The lowest BCUT2D eigenvalue weighted by Crippen LogP contribution is -2.05. The highest BCUT2D eigenvalue weighted by atomic mass is 14.2. The summed E-state index contributed by atoms with van der Waals surface area (Å²) in [5.41, 5.74) is 0. The van der Waals surface area contributed by atoms with Gasteiger partial charge in [-0.3, -0.25) is 0 Å². The molecule has 110 valence electrons.